The van der Waals surface area contributed by atoms with Gasteiger partial charge in [-0.3, -0.25) is 14.3 Å². The molecule has 0 radical (unpaired) electrons. The highest BCUT2D eigenvalue weighted by molar-refractivity contribution is 6.30. The predicted molar refractivity (Wildman–Crippen MR) is 133 cm³/mol. The summed E-state index contributed by atoms with van der Waals surface area (Å²) in [5.41, 5.74) is 2.61. The van der Waals surface area contributed by atoms with Gasteiger partial charge in [-0.25, -0.2) is 10.2 Å². The first-order valence-electron chi connectivity index (χ1n) is 10.5. The molecule has 2 heterocycles. The van der Waals surface area contributed by atoms with Gasteiger partial charge in [0, 0.05) is 12.1 Å². The van der Waals surface area contributed by atoms with Gasteiger partial charge >= 0.3 is 5.69 Å². The van der Waals surface area contributed by atoms with Crippen molar-refractivity contribution in [1.29, 1.82) is 0 Å². The number of H-pyrrole nitrogens is 1. The molecule has 3 N–H and O–H groups in total. The van der Waals surface area contributed by atoms with Crippen LogP contribution in [0.3, 0.4) is 0 Å². The number of benzene rings is 2. The van der Waals surface area contributed by atoms with Crippen molar-refractivity contribution in [3.63, 3.8) is 0 Å². The quantitative estimate of drug-likeness (QED) is 0.237. The van der Waals surface area contributed by atoms with Crippen LogP contribution in [0.15, 0.2) is 63.2 Å². The van der Waals surface area contributed by atoms with Gasteiger partial charge in [-0.15, -0.1) is 0 Å². The van der Waals surface area contributed by atoms with Crippen molar-refractivity contribution in [2.75, 3.05) is 19.1 Å². The number of nitrogens with zero attached hydrogens (tertiary/aromatic N) is 4. The molecule has 11 nitrogen and oxygen atoms in total. The zero-order valence-corrected chi connectivity index (χ0v) is 19.7. The summed E-state index contributed by atoms with van der Waals surface area (Å²) in [5, 5.41) is 15.4. The van der Waals surface area contributed by atoms with Crippen LogP contribution >= 0.6 is 11.6 Å². The van der Waals surface area contributed by atoms with Crippen LogP contribution in [0.4, 0.5) is 5.95 Å². The molecule has 4 aromatic rings. The second-order valence-corrected chi connectivity index (χ2v) is 8.03. The number of aromatic nitrogens is 4. The summed E-state index contributed by atoms with van der Waals surface area (Å²) in [5.74, 6) is 1.42. The molecule has 0 aliphatic rings. The van der Waals surface area contributed by atoms with Crippen LogP contribution in [-0.4, -0.2) is 50.2 Å². The Morgan fingerprint density at radius 1 is 1.17 bits per heavy atom. The number of aliphatic hydroxyl groups is 1. The lowest BCUT2D eigenvalue weighted by Gasteiger charge is -2.15. The molecular formula is C23H23ClN6O5. The van der Waals surface area contributed by atoms with E-state index < -0.39 is 17.4 Å². The largest absolute Gasteiger partial charge is 0.497 e. The lowest BCUT2D eigenvalue weighted by molar-refractivity contribution is 0.0938. The van der Waals surface area contributed by atoms with Crippen LogP contribution in [0.1, 0.15) is 5.56 Å². The molecule has 0 amide bonds. The molecule has 0 aliphatic carbocycles. The number of halogens is 1. The van der Waals surface area contributed by atoms with E-state index in [1.807, 2.05) is 12.1 Å². The number of nitrogens with one attached hydrogen (secondary N) is 2. The Morgan fingerprint density at radius 2 is 1.86 bits per heavy atom. The van der Waals surface area contributed by atoms with Crippen molar-refractivity contribution < 1.29 is 14.6 Å². The van der Waals surface area contributed by atoms with E-state index >= 15 is 0 Å². The van der Waals surface area contributed by atoms with Gasteiger partial charge in [0.25, 0.3) is 5.56 Å². The van der Waals surface area contributed by atoms with Crippen LogP contribution in [-0.2, 0) is 13.6 Å². The van der Waals surface area contributed by atoms with Gasteiger partial charge in [-0.05, 0) is 54.1 Å². The number of methoxy groups -OCH3 is 1. The van der Waals surface area contributed by atoms with Gasteiger partial charge in [0.1, 0.15) is 24.2 Å². The number of rotatable bonds is 9. The molecule has 0 fully saturated rings. The molecule has 4 rings (SSSR count). The van der Waals surface area contributed by atoms with Crippen molar-refractivity contribution in [3.05, 3.63) is 80.0 Å². The van der Waals surface area contributed by atoms with E-state index in [1.54, 1.807) is 49.7 Å². The molecule has 0 aliphatic heterocycles. The summed E-state index contributed by atoms with van der Waals surface area (Å²) in [6, 6.07) is 13.9. The molecule has 0 bridgehead atoms. The molecule has 2 aromatic heterocycles. The van der Waals surface area contributed by atoms with E-state index in [2.05, 4.69) is 20.5 Å². The first kappa shape index (κ1) is 24.0. The zero-order valence-electron chi connectivity index (χ0n) is 18.9. The SMILES string of the molecule is COc1ccc(/C=N\Nc2nc3c(c(=O)[nH]c(=O)n3C)n2C[C@@H](O)COc2ccc(Cl)cc2)cc1. The Balaban J connectivity index is 1.59. The molecular weight excluding hydrogens is 476 g/mol. The van der Waals surface area contributed by atoms with Gasteiger partial charge in [0.15, 0.2) is 11.2 Å². The lowest BCUT2D eigenvalue weighted by Crippen LogP contribution is -2.30. The normalized spacial score (nSPS) is 12.2. The average molecular weight is 499 g/mol. The number of ether oxygens (including phenoxy) is 2. The molecule has 182 valence electrons. The topological polar surface area (TPSA) is 136 Å². The van der Waals surface area contributed by atoms with Crippen molar-refractivity contribution in [1.82, 2.24) is 19.1 Å². The van der Waals surface area contributed by atoms with Crippen molar-refractivity contribution >= 4 is 34.9 Å². The number of aryl methyl sites for hydroxylation is 1. The fraction of sp³-hybridized carbons (Fsp3) is 0.217. The van der Waals surface area contributed by atoms with Crippen LogP contribution in [0.5, 0.6) is 11.5 Å². The lowest BCUT2D eigenvalue weighted by atomic mass is 10.2. The Bertz CT molecular complexity index is 1460. The molecule has 35 heavy (non-hydrogen) atoms. The number of fused-ring (bicyclic) bond motifs is 1. The molecule has 0 unspecified atom stereocenters. The first-order valence-corrected chi connectivity index (χ1v) is 10.9. The minimum atomic E-state index is -1.01. The summed E-state index contributed by atoms with van der Waals surface area (Å²) in [7, 11) is 3.07. The Morgan fingerprint density at radius 3 is 2.54 bits per heavy atom. The molecule has 12 heteroatoms. The number of imidazole rings is 1. The maximum atomic E-state index is 12.6. The molecule has 0 saturated carbocycles. The number of aromatic amines is 1. The van der Waals surface area contributed by atoms with Gasteiger partial charge in [0.05, 0.1) is 19.9 Å². The minimum Gasteiger partial charge on any atom is -0.497 e. The van der Waals surface area contributed by atoms with Crippen molar-refractivity contribution in [3.8, 4) is 11.5 Å². The molecule has 2 aromatic carbocycles. The van der Waals surface area contributed by atoms with Crippen molar-refractivity contribution in [2.24, 2.45) is 12.1 Å². The number of hydrogen-bond donors (Lipinski definition) is 3. The van der Waals surface area contributed by atoms with E-state index in [-0.39, 0.29) is 30.3 Å². The van der Waals surface area contributed by atoms with E-state index in [9.17, 15) is 14.7 Å². The summed E-state index contributed by atoms with van der Waals surface area (Å²) in [6.07, 6.45) is 0.553. The first-order chi connectivity index (χ1) is 16.9. The van der Waals surface area contributed by atoms with Gasteiger partial charge in [-0.2, -0.15) is 10.1 Å². The third-order valence-electron chi connectivity index (χ3n) is 5.15. The van der Waals surface area contributed by atoms with Crippen LogP contribution in [0.2, 0.25) is 5.02 Å². The van der Waals surface area contributed by atoms with Crippen molar-refractivity contribution in [2.45, 2.75) is 12.6 Å². The van der Waals surface area contributed by atoms with Gasteiger partial charge in [-0.1, -0.05) is 11.6 Å². The van der Waals surface area contributed by atoms with Crippen LogP contribution in [0, 0.1) is 0 Å². The third kappa shape index (κ3) is 5.53. The van der Waals surface area contributed by atoms with Gasteiger partial charge < -0.3 is 19.1 Å². The smallest absolute Gasteiger partial charge is 0.329 e. The predicted octanol–water partition coefficient (Wildman–Crippen LogP) is 1.97. The number of hydrogen-bond acceptors (Lipinski definition) is 8. The summed E-state index contributed by atoms with van der Waals surface area (Å²) in [6.45, 7) is -0.106. The highest BCUT2D eigenvalue weighted by atomic mass is 35.5. The van der Waals surface area contributed by atoms with Crippen LogP contribution < -0.4 is 26.1 Å². The van der Waals surface area contributed by atoms with E-state index in [0.717, 1.165) is 5.56 Å². The fourth-order valence-electron chi connectivity index (χ4n) is 3.34. The minimum absolute atomic E-state index is 0.0498. The standard InChI is InChI=1S/C23H23ClN6O5/c1-29-20-19(21(32)27-23(29)33)30(12-16(31)13-35-18-9-5-15(24)6-10-18)22(26-20)28-25-11-14-3-7-17(34-2)8-4-14/h3-11,16,31H,12-13H2,1-2H3,(H,26,28)(H,27,32,33)/b25-11-/t16-/m1/s1. The van der Waals surface area contributed by atoms with E-state index in [1.165, 1.54) is 16.2 Å². The number of aliphatic hydroxyl groups excluding tert-OH is 1. The fourth-order valence-corrected chi connectivity index (χ4v) is 3.46. The van der Waals surface area contributed by atoms with Crippen LogP contribution in [0.25, 0.3) is 11.2 Å². The van der Waals surface area contributed by atoms with Gasteiger partial charge in [0.2, 0.25) is 5.95 Å². The Hall–Kier alpha value is -4.09. The maximum absolute atomic E-state index is 12.6. The Labute approximate surface area is 204 Å². The Kier molecular flexibility index (Phi) is 7.18. The number of hydrazone groups is 1. The highest BCUT2D eigenvalue weighted by Gasteiger charge is 2.20. The second kappa shape index (κ2) is 10.5. The molecule has 1 atom stereocenters. The van der Waals surface area contributed by atoms with E-state index in [4.69, 9.17) is 21.1 Å². The monoisotopic (exact) mass is 498 g/mol. The average Bonchev–Trinajstić information content (AvgIpc) is 3.21. The molecule has 0 spiro atoms. The summed E-state index contributed by atoms with van der Waals surface area (Å²) in [4.78, 5) is 31.3. The molecule has 0 saturated heterocycles. The summed E-state index contributed by atoms with van der Waals surface area (Å²) < 4.78 is 13.4. The maximum Gasteiger partial charge on any atom is 0.329 e. The van der Waals surface area contributed by atoms with E-state index in [0.29, 0.717) is 16.5 Å². The number of anilines is 1. The second-order valence-electron chi connectivity index (χ2n) is 7.60. The summed E-state index contributed by atoms with van der Waals surface area (Å²) >= 11 is 5.88. The zero-order chi connectivity index (χ0) is 24.9. The third-order valence-corrected chi connectivity index (χ3v) is 5.40. The highest BCUT2D eigenvalue weighted by Crippen LogP contribution is 2.18.